The van der Waals surface area contributed by atoms with Crippen LogP contribution >= 0.6 is 15.9 Å². The summed E-state index contributed by atoms with van der Waals surface area (Å²) in [4.78, 5) is 24.8. The highest BCUT2D eigenvalue weighted by atomic mass is 79.9. The van der Waals surface area contributed by atoms with Crippen molar-refractivity contribution in [2.45, 2.75) is 19.9 Å². The van der Waals surface area contributed by atoms with E-state index in [0.29, 0.717) is 11.8 Å². The highest BCUT2D eigenvalue weighted by Gasteiger charge is 2.18. The molecule has 8 nitrogen and oxygen atoms in total. The smallest absolute Gasteiger partial charge is 0.319 e. The predicted molar refractivity (Wildman–Crippen MR) is 96.4 cm³/mol. The number of aryl methyl sites for hydroxylation is 1. The summed E-state index contributed by atoms with van der Waals surface area (Å²) in [6.45, 7) is 3.74. The van der Waals surface area contributed by atoms with Gasteiger partial charge in [-0.05, 0) is 43.7 Å². The van der Waals surface area contributed by atoms with E-state index in [9.17, 15) is 4.79 Å². The second-order valence-electron chi connectivity index (χ2n) is 5.36. The minimum absolute atomic E-state index is 0.332. The molecule has 1 atom stereocenters. The van der Waals surface area contributed by atoms with E-state index >= 15 is 0 Å². The molecular weight excluding hydrogens is 386 g/mol. The Morgan fingerprint density at radius 1 is 1.24 bits per heavy atom. The van der Waals surface area contributed by atoms with Crippen LogP contribution in [0.3, 0.4) is 0 Å². The number of carbonyl (C=O) groups is 1. The fourth-order valence-electron chi connectivity index (χ4n) is 2.29. The van der Waals surface area contributed by atoms with Crippen molar-refractivity contribution in [2.24, 2.45) is 0 Å². The summed E-state index contributed by atoms with van der Waals surface area (Å²) in [5.74, 6) is 0.932. The topological polar surface area (TPSA) is 97.6 Å². The summed E-state index contributed by atoms with van der Waals surface area (Å²) in [5, 5.41) is 9.80. The first-order chi connectivity index (χ1) is 12.0. The summed E-state index contributed by atoms with van der Waals surface area (Å²) in [5.41, 5.74) is 1.69. The van der Waals surface area contributed by atoms with Gasteiger partial charge in [0.2, 0.25) is 0 Å². The van der Waals surface area contributed by atoms with Gasteiger partial charge in [-0.2, -0.15) is 9.78 Å². The van der Waals surface area contributed by atoms with Gasteiger partial charge < -0.3 is 10.6 Å². The Kier molecular flexibility index (Phi) is 5.03. The summed E-state index contributed by atoms with van der Waals surface area (Å²) in [6, 6.07) is 6.64. The van der Waals surface area contributed by atoms with Gasteiger partial charge in [0.25, 0.3) is 5.95 Å². The van der Waals surface area contributed by atoms with Crippen LogP contribution in [0.1, 0.15) is 24.4 Å². The summed E-state index contributed by atoms with van der Waals surface area (Å²) >= 11 is 3.40. The lowest BCUT2D eigenvalue weighted by Crippen LogP contribution is -2.33. The molecule has 3 rings (SSSR count). The Morgan fingerprint density at radius 2 is 2.00 bits per heavy atom. The third-order valence-corrected chi connectivity index (χ3v) is 3.98. The Bertz CT molecular complexity index is 881. The van der Waals surface area contributed by atoms with Crippen LogP contribution in [0.4, 0.5) is 10.5 Å². The van der Waals surface area contributed by atoms with E-state index in [4.69, 9.17) is 0 Å². The van der Waals surface area contributed by atoms with Gasteiger partial charge in [-0.25, -0.2) is 19.7 Å². The number of anilines is 1. The van der Waals surface area contributed by atoms with Gasteiger partial charge >= 0.3 is 6.03 Å². The lowest BCUT2D eigenvalue weighted by Gasteiger charge is -2.15. The Morgan fingerprint density at radius 3 is 2.72 bits per heavy atom. The monoisotopic (exact) mass is 401 g/mol. The van der Waals surface area contributed by atoms with Crippen molar-refractivity contribution in [3.63, 3.8) is 0 Å². The lowest BCUT2D eigenvalue weighted by atomic mass is 10.2. The molecule has 0 aliphatic carbocycles. The van der Waals surface area contributed by atoms with Crippen LogP contribution in [-0.2, 0) is 0 Å². The van der Waals surface area contributed by atoms with Crippen molar-refractivity contribution in [2.75, 3.05) is 5.32 Å². The summed E-state index contributed by atoms with van der Waals surface area (Å²) in [7, 11) is 0. The largest absolute Gasteiger partial charge is 0.328 e. The molecule has 1 unspecified atom stereocenters. The van der Waals surface area contributed by atoms with E-state index < -0.39 is 0 Å². The molecule has 0 aliphatic rings. The molecule has 0 spiro atoms. The molecule has 0 saturated carbocycles. The molecule has 2 aromatic heterocycles. The van der Waals surface area contributed by atoms with Gasteiger partial charge in [0.1, 0.15) is 6.33 Å². The van der Waals surface area contributed by atoms with Crippen LogP contribution in [0, 0.1) is 6.92 Å². The number of halogens is 1. The lowest BCUT2D eigenvalue weighted by molar-refractivity contribution is 0.248. The maximum atomic E-state index is 12.3. The van der Waals surface area contributed by atoms with Crippen LogP contribution in [0.15, 0.2) is 47.5 Å². The van der Waals surface area contributed by atoms with Crippen LogP contribution in [-0.4, -0.2) is 30.8 Å². The number of urea groups is 1. The van der Waals surface area contributed by atoms with Gasteiger partial charge in [-0.1, -0.05) is 15.9 Å². The molecule has 2 amide bonds. The van der Waals surface area contributed by atoms with Crippen molar-refractivity contribution in [1.82, 2.24) is 30.0 Å². The van der Waals surface area contributed by atoms with Crippen LogP contribution in [0.25, 0.3) is 5.95 Å². The molecule has 9 heteroatoms. The van der Waals surface area contributed by atoms with E-state index in [1.807, 2.05) is 32.0 Å². The average Bonchev–Trinajstić information content (AvgIpc) is 3.08. The number of nitrogens with zero attached hydrogens (tertiary/aromatic N) is 5. The Hall–Kier alpha value is -2.81. The number of rotatable bonds is 4. The highest BCUT2D eigenvalue weighted by molar-refractivity contribution is 9.10. The highest BCUT2D eigenvalue weighted by Crippen LogP contribution is 2.20. The SMILES string of the molecule is Cc1cc(Br)ccc1NC(=O)NC(C)c1ncnn1-c1ncccn1. The Balaban J connectivity index is 1.71. The van der Waals surface area contributed by atoms with Gasteiger partial charge in [0.05, 0.1) is 6.04 Å². The van der Waals surface area contributed by atoms with Gasteiger partial charge in [0, 0.05) is 22.6 Å². The van der Waals surface area contributed by atoms with Crippen molar-refractivity contribution < 1.29 is 4.79 Å². The predicted octanol–water partition coefficient (Wildman–Crippen LogP) is 3.01. The zero-order valence-electron chi connectivity index (χ0n) is 13.6. The molecule has 128 valence electrons. The quantitative estimate of drug-likeness (QED) is 0.699. The minimum atomic E-state index is -0.387. The number of hydrogen-bond donors (Lipinski definition) is 2. The van der Waals surface area contributed by atoms with E-state index in [2.05, 4.69) is 46.6 Å². The summed E-state index contributed by atoms with van der Waals surface area (Å²) < 4.78 is 2.45. The molecule has 25 heavy (non-hydrogen) atoms. The Labute approximate surface area is 152 Å². The molecule has 0 fully saturated rings. The fraction of sp³-hybridized carbons (Fsp3) is 0.188. The van der Waals surface area contributed by atoms with Crippen molar-refractivity contribution in [1.29, 1.82) is 0 Å². The molecule has 0 saturated heterocycles. The molecular formula is C16H16BrN7O. The van der Waals surface area contributed by atoms with Gasteiger partial charge in [-0.3, -0.25) is 0 Å². The van der Waals surface area contributed by atoms with Gasteiger partial charge in [-0.15, -0.1) is 0 Å². The molecule has 2 N–H and O–H groups in total. The van der Waals surface area contributed by atoms with Crippen molar-refractivity contribution >= 4 is 27.6 Å². The van der Waals surface area contributed by atoms with Crippen molar-refractivity contribution in [3.8, 4) is 5.95 Å². The molecule has 0 bridgehead atoms. The standard InChI is InChI=1S/C16H16BrN7O/c1-10-8-12(17)4-5-13(10)23-16(25)22-11(2)14-20-9-21-24(14)15-18-6-3-7-19-15/h3-9,11H,1-2H3,(H2,22,23,25). The zero-order valence-corrected chi connectivity index (χ0v) is 15.2. The number of carbonyl (C=O) groups excluding carboxylic acids is 1. The van der Waals surface area contributed by atoms with Gasteiger partial charge in [0.15, 0.2) is 5.82 Å². The normalized spacial score (nSPS) is 11.8. The first-order valence-electron chi connectivity index (χ1n) is 7.55. The zero-order chi connectivity index (χ0) is 17.8. The second-order valence-corrected chi connectivity index (χ2v) is 6.27. The third-order valence-electron chi connectivity index (χ3n) is 3.49. The molecule has 2 heterocycles. The van der Waals surface area contributed by atoms with E-state index in [1.165, 1.54) is 11.0 Å². The average molecular weight is 402 g/mol. The first-order valence-corrected chi connectivity index (χ1v) is 8.35. The molecule has 3 aromatic rings. The second kappa shape index (κ2) is 7.39. The van der Waals surface area contributed by atoms with Crippen LogP contribution in [0.2, 0.25) is 0 Å². The minimum Gasteiger partial charge on any atom is -0.328 e. The van der Waals surface area contributed by atoms with E-state index in [0.717, 1.165) is 15.7 Å². The number of nitrogens with one attached hydrogen (secondary N) is 2. The van der Waals surface area contributed by atoms with Crippen LogP contribution < -0.4 is 10.6 Å². The first kappa shape index (κ1) is 17.0. The maximum Gasteiger partial charge on any atom is 0.319 e. The number of hydrogen-bond acceptors (Lipinski definition) is 5. The number of aromatic nitrogens is 5. The third kappa shape index (κ3) is 4.00. The number of benzene rings is 1. The molecule has 1 aromatic carbocycles. The van der Waals surface area contributed by atoms with Crippen LogP contribution in [0.5, 0.6) is 0 Å². The maximum absolute atomic E-state index is 12.3. The van der Waals surface area contributed by atoms with E-state index in [-0.39, 0.29) is 12.1 Å². The summed E-state index contributed by atoms with van der Waals surface area (Å²) in [6.07, 6.45) is 4.64. The van der Waals surface area contributed by atoms with Crippen molar-refractivity contribution in [3.05, 3.63) is 58.8 Å². The molecule has 0 radical (unpaired) electrons. The fourth-order valence-corrected chi connectivity index (χ4v) is 2.76. The molecule has 0 aliphatic heterocycles. The van der Waals surface area contributed by atoms with E-state index in [1.54, 1.807) is 18.5 Å². The number of amides is 2.